The average molecular weight is 474 g/mol. The van der Waals surface area contributed by atoms with Crippen molar-refractivity contribution in [1.29, 1.82) is 0 Å². The number of carbonyl (C=O) groups is 1. The van der Waals surface area contributed by atoms with Gasteiger partial charge >= 0.3 is 0 Å². The highest BCUT2D eigenvalue weighted by Crippen LogP contribution is 2.17. The van der Waals surface area contributed by atoms with Crippen molar-refractivity contribution in [3.05, 3.63) is 48.5 Å². The Morgan fingerprint density at radius 3 is 1.74 bits per heavy atom. The molecule has 0 aliphatic rings. The molecule has 1 unspecified atom stereocenters. The Labute approximate surface area is 180 Å². The summed E-state index contributed by atoms with van der Waals surface area (Å²) in [5.41, 5.74) is 1.37. The fourth-order valence-corrected chi connectivity index (χ4v) is 4.79. The Morgan fingerprint density at radius 2 is 1.32 bits per heavy atom. The molecule has 1 atom stereocenters. The average Bonchev–Trinajstić information content (AvgIpc) is 2.77. The first-order chi connectivity index (χ1) is 14.6. The van der Waals surface area contributed by atoms with E-state index in [0.29, 0.717) is 11.5 Å². The maximum Gasteiger partial charge on any atom is 0.261 e. The minimum Gasteiger partial charge on any atom is -0.497 e. The number of carbonyl (C=O) groups excluding carboxylic acids is 1. The first-order valence-electron chi connectivity index (χ1n) is 8.87. The molecule has 31 heavy (non-hydrogen) atoms. The van der Waals surface area contributed by atoms with Gasteiger partial charge in [-0.05, 0) is 55.0 Å². The predicted octanol–water partition coefficient (Wildman–Crippen LogP) is 0.225. The highest BCUT2D eigenvalue weighted by Gasteiger charge is 2.26. The smallest absolute Gasteiger partial charge is 0.261 e. The molecule has 0 fully saturated rings. The highest BCUT2D eigenvalue weighted by atomic mass is 32.2. The molecule has 2 aromatic carbocycles. The summed E-state index contributed by atoms with van der Waals surface area (Å²) in [7, 11) is -5.17. The number of amides is 1. The zero-order valence-electron chi connectivity index (χ0n) is 16.7. The molecule has 13 heteroatoms. The minimum atomic E-state index is -4.13. The summed E-state index contributed by atoms with van der Waals surface area (Å²) in [6.45, 7) is -0.280. The van der Waals surface area contributed by atoms with E-state index in [1.807, 2.05) is 0 Å². The lowest BCUT2D eigenvalue weighted by atomic mass is 10.2. The number of hydrogen-bond acceptors (Lipinski definition) is 8. The van der Waals surface area contributed by atoms with Crippen LogP contribution in [0.15, 0.2) is 58.3 Å². The van der Waals surface area contributed by atoms with Crippen molar-refractivity contribution in [3.8, 4) is 11.5 Å². The van der Waals surface area contributed by atoms with Crippen LogP contribution in [0.1, 0.15) is 6.42 Å². The summed E-state index contributed by atoms with van der Waals surface area (Å²) in [6.07, 6.45) is -0.267. The largest absolute Gasteiger partial charge is 0.497 e. The topological polar surface area (TPSA) is 160 Å². The fourth-order valence-electron chi connectivity index (χ4n) is 2.51. The Kier molecular flexibility index (Phi) is 8.36. The van der Waals surface area contributed by atoms with E-state index >= 15 is 0 Å². The highest BCUT2D eigenvalue weighted by molar-refractivity contribution is 7.89. The first kappa shape index (κ1) is 24.6. The summed E-state index contributed by atoms with van der Waals surface area (Å²) in [4.78, 5) is 11.7. The van der Waals surface area contributed by atoms with Gasteiger partial charge in [-0.3, -0.25) is 10.0 Å². The van der Waals surface area contributed by atoms with Crippen molar-refractivity contribution in [2.75, 3.05) is 20.8 Å². The second kappa shape index (κ2) is 10.5. The van der Waals surface area contributed by atoms with Gasteiger partial charge in [0.25, 0.3) is 5.91 Å². The van der Waals surface area contributed by atoms with Gasteiger partial charge in [0.2, 0.25) is 20.0 Å². The summed E-state index contributed by atoms with van der Waals surface area (Å²) in [5.74, 6) is -0.121. The molecule has 2 rings (SSSR count). The quantitative estimate of drug-likeness (QED) is 0.266. The molecule has 0 aliphatic heterocycles. The second-order valence-corrected chi connectivity index (χ2v) is 9.67. The number of ether oxygens (including phenoxy) is 2. The van der Waals surface area contributed by atoms with E-state index in [9.17, 15) is 21.6 Å². The lowest BCUT2D eigenvalue weighted by Gasteiger charge is -2.17. The molecule has 0 bridgehead atoms. The normalized spacial score (nSPS) is 12.7. The van der Waals surface area contributed by atoms with Crippen LogP contribution in [0.5, 0.6) is 11.5 Å². The van der Waals surface area contributed by atoms with E-state index < -0.39 is 32.0 Å². The molecule has 1 amide bonds. The van der Waals surface area contributed by atoms with Crippen molar-refractivity contribution in [3.63, 3.8) is 0 Å². The van der Waals surface area contributed by atoms with Gasteiger partial charge in [-0.25, -0.2) is 27.0 Å². The van der Waals surface area contributed by atoms with E-state index in [2.05, 4.69) is 9.44 Å². The molecule has 0 saturated heterocycles. The van der Waals surface area contributed by atoms with E-state index in [-0.39, 0.29) is 22.8 Å². The van der Waals surface area contributed by atoms with Gasteiger partial charge in [0.15, 0.2) is 0 Å². The van der Waals surface area contributed by atoms with Gasteiger partial charge in [-0.2, -0.15) is 4.72 Å². The lowest BCUT2D eigenvalue weighted by Crippen LogP contribution is -2.47. The first-order valence-corrected chi connectivity index (χ1v) is 11.8. The van der Waals surface area contributed by atoms with Crippen LogP contribution in [-0.4, -0.2) is 54.8 Å². The van der Waals surface area contributed by atoms with E-state index in [1.54, 1.807) is 0 Å². The van der Waals surface area contributed by atoms with Gasteiger partial charge in [0.05, 0.1) is 24.0 Å². The molecule has 0 aliphatic carbocycles. The third kappa shape index (κ3) is 6.63. The number of rotatable bonds is 11. The monoisotopic (exact) mass is 473 g/mol. The Balaban J connectivity index is 2.07. The second-order valence-electron chi connectivity index (χ2n) is 6.19. The van der Waals surface area contributed by atoms with Crippen LogP contribution >= 0.6 is 0 Å². The molecule has 4 N–H and O–H groups in total. The third-order valence-corrected chi connectivity index (χ3v) is 7.15. The molecule has 0 saturated carbocycles. The minimum absolute atomic E-state index is 0.0322. The zero-order chi connectivity index (χ0) is 23.1. The molecular formula is C18H23N3O8S2. The number of methoxy groups -OCH3 is 2. The third-order valence-electron chi connectivity index (χ3n) is 4.19. The molecule has 2 aromatic rings. The summed E-state index contributed by atoms with van der Waals surface area (Å²) in [6, 6.07) is 9.60. The van der Waals surface area contributed by atoms with Gasteiger partial charge < -0.3 is 9.47 Å². The van der Waals surface area contributed by atoms with Gasteiger partial charge in [-0.1, -0.05) is 0 Å². The molecule has 11 nitrogen and oxygen atoms in total. The van der Waals surface area contributed by atoms with Crippen LogP contribution < -0.4 is 24.4 Å². The van der Waals surface area contributed by atoms with Gasteiger partial charge in [-0.15, -0.1) is 0 Å². The lowest BCUT2D eigenvalue weighted by molar-refractivity contribution is -0.131. The van der Waals surface area contributed by atoms with Crippen molar-refractivity contribution in [1.82, 2.24) is 14.9 Å². The van der Waals surface area contributed by atoms with Crippen LogP contribution in [0, 0.1) is 0 Å². The van der Waals surface area contributed by atoms with Crippen LogP contribution in [0.2, 0.25) is 0 Å². The van der Waals surface area contributed by atoms with E-state index in [4.69, 9.17) is 14.7 Å². The summed E-state index contributed by atoms with van der Waals surface area (Å²) < 4.78 is 64.2. The number of hydrogen-bond donors (Lipinski definition) is 4. The number of benzene rings is 2. The van der Waals surface area contributed by atoms with Crippen LogP contribution in [0.25, 0.3) is 0 Å². The summed E-state index contributed by atoms with van der Waals surface area (Å²) in [5, 5.41) is 8.93. The molecule has 0 spiro atoms. The Hall–Kier alpha value is -2.71. The van der Waals surface area contributed by atoms with Crippen LogP contribution in [0.3, 0.4) is 0 Å². The zero-order valence-corrected chi connectivity index (χ0v) is 18.4. The van der Waals surface area contributed by atoms with Crippen molar-refractivity contribution in [2.45, 2.75) is 22.3 Å². The van der Waals surface area contributed by atoms with Crippen molar-refractivity contribution in [2.24, 2.45) is 0 Å². The standard InChI is InChI=1S/C18H23N3O8S2/c1-28-13-3-7-15(8-4-13)30(24,25)19-12-11-17(18(22)20-23)21-31(26,27)16-9-5-14(29-2)6-10-16/h3-10,17,19,21,23H,11-12H2,1-2H3,(H,20,22). The van der Waals surface area contributed by atoms with Crippen LogP contribution in [0.4, 0.5) is 0 Å². The number of sulfonamides is 2. The number of hydroxylamine groups is 1. The molecule has 0 heterocycles. The van der Waals surface area contributed by atoms with Crippen molar-refractivity contribution >= 4 is 26.0 Å². The summed E-state index contributed by atoms with van der Waals surface area (Å²) >= 11 is 0. The van der Waals surface area contributed by atoms with E-state index in [1.165, 1.54) is 68.2 Å². The Bertz CT molecular complexity index is 1090. The molecule has 0 aromatic heterocycles. The maximum absolute atomic E-state index is 12.5. The fraction of sp³-hybridized carbons (Fsp3) is 0.278. The SMILES string of the molecule is COc1ccc(S(=O)(=O)NCCC(NS(=O)(=O)c2ccc(OC)cc2)C(=O)NO)cc1. The maximum atomic E-state index is 12.5. The van der Waals surface area contributed by atoms with Crippen molar-refractivity contribution < 1.29 is 36.3 Å². The number of nitrogens with one attached hydrogen (secondary N) is 3. The van der Waals surface area contributed by atoms with Gasteiger partial charge in [0.1, 0.15) is 17.5 Å². The molecule has 0 radical (unpaired) electrons. The predicted molar refractivity (Wildman–Crippen MR) is 110 cm³/mol. The van der Waals surface area contributed by atoms with Crippen LogP contribution in [-0.2, 0) is 24.8 Å². The molecular weight excluding hydrogens is 450 g/mol. The van der Waals surface area contributed by atoms with E-state index in [0.717, 1.165) is 0 Å². The molecule has 170 valence electrons. The Morgan fingerprint density at radius 1 is 0.871 bits per heavy atom. The van der Waals surface area contributed by atoms with Gasteiger partial charge in [0, 0.05) is 6.54 Å².